The van der Waals surface area contributed by atoms with E-state index in [0.717, 1.165) is 0 Å². The van der Waals surface area contributed by atoms with Gasteiger partial charge in [-0.2, -0.15) is 0 Å². The van der Waals surface area contributed by atoms with E-state index in [1.165, 1.54) is 0 Å². The minimum Gasteiger partial charge on any atom is -0.494 e. The van der Waals surface area contributed by atoms with Gasteiger partial charge in [-0.15, -0.1) is 0 Å². The van der Waals surface area contributed by atoms with Gasteiger partial charge < -0.3 is 15.2 Å². The second-order valence-corrected chi connectivity index (χ2v) is 4.97. The molecule has 1 aromatic rings. The molecule has 5 nitrogen and oxygen atoms in total. The second-order valence-electron chi connectivity index (χ2n) is 4.97. The van der Waals surface area contributed by atoms with Crippen molar-refractivity contribution >= 4 is 11.9 Å². The highest BCUT2D eigenvalue weighted by molar-refractivity contribution is 5.95. The third-order valence-electron chi connectivity index (χ3n) is 3.65. The molecule has 0 spiro atoms. The zero-order chi connectivity index (χ0) is 15.9. The summed E-state index contributed by atoms with van der Waals surface area (Å²) >= 11 is 0. The van der Waals surface area contributed by atoms with Crippen molar-refractivity contribution in [3.05, 3.63) is 29.8 Å². The molecule has 21 heavy (non-hydrogen) atoms. The molecule has 1 aromatic carbocycles. The summed E-state index contributed by atoms with van der Waals surface area (Å²) < 4.78 is 5.33. The van der Waals surface area contributed by atoms with Crippen LogP contribution in [0, 0.1) is 0 Å². The molecule has 0 heterocycles. The summed E-state index contributed by atoms with van der Waals surface area (Å²) in [6.45, 7) is 6.22. The Kier molecular flexibility index (Phi) is 6.21. The number of hydrogen-bond acceptors (Lipinski definition) is 3. The summed E-state index contributed by atoms with van der Waals surface area (Å²) in [6, 6.07) is 6.82. The number of amides is 1. The van der Waals surface area contributed by atoms with Crippen LogP contribution in [0.4, 0.5) is 0 Å². The predicted octanol–water partition coefficient (Wildman–Crippen LogP) is 2.85. The monoisotopic (exact) mass is 293 g/mol. The lowest BCUT2D eigenvalue weighted by atomic mass is 9.88. The number of hydrogen-bond donors (Lipinski definition) is 2. The fraction of sp³-hybridized carbons (Fsp3) is 0.500. The van der Waals surface area contributed by atoms with Crippen LogP contribution in [0.25, 0.3) is 0 Å². The molecule has 0 unspecified atom stereocenters. The number of carboxylic acid groups (broad SMARTS) is 1. The number of nitrogens with one attached hydrogen (secondary N) is 1. The zero-order valence-corrected chi connectivity index (χ0v) is 12.8. The molecule has 2 N–H and O–H groups in total. The van der Waals surface area contributed by atoms with Gasteiger partial charge in [0.2, 0.25) is 0 Å². The third-order valence-corrected chi connectivity index (χ3v) is 3.65. The van der Waals surface area contributed by atoms with Crippen molar-refractivity contribution in [3.63, 3.8) is 0 Å². The Morgan fingerprint density at radius 3 is 2.14 bits per heavy atom. The van der Waals surface area contributed by atoms with E-state index in [1.54, 1.807) is 24.3 Å². The summed E-state index contributed by atoms with van der Waals surface area (Å²) in [5.74, 6) is -0.467. The van der Waals surface area contributed by atoms with E-state index >= 15 is 0 Å². The van der Waals surface area contributed by atoms with Crippen molar-refractivity contribution in [1.29, 1.82) is 0 Å². The van der Waals surface area contributed by atoms with E-state index in [9.17, 15) is 9.59 Å². The van der Waals surface area contributed by atoms with Gasteiger partial charge in [-0.1, -0.05) is 13.8 Å². The molecular weight excluding hydrogens is 270 g/mol. The average Bonchev–Trinajstić information content (AvgIpc) is 2.47. The SMILES string of the molecule is CCOc1ccc(C(=O)NC(CC)(CC)CC(=O)O)cc1. The molecule has 0 saturated heterocycles. The minimum atomic E-state index is -0.911. The van der Waals surface area contributed by atoms with Gasteiger partial charge >= 0.3 is 5.97 Å². The smallest absolute Gasteiger partial charge is 0.305 e. The van der Waals surface area contributed by atoms with Gasteiger partial charge in [0.15, 0.2) is 0 Å². The summed E-state index contributed by atoms with van der Waals surface area (Å²) in [4.78, 5) is 23.3. The number of aliphatic carboxylic acids is 1. The molecule has 0 aromatic heterocycles. The molecular formula is C16H23NO4. The molecule has 0 aliphatic heterocycles. The highest BCUT2D eigenvalue weighted by atomic mass is 16.5. The predicted molar refractivity (Wildman–Crippen MR) is 80.6 cm³/mol. The first kappa shape index (κ1) is 17.0. The van der Waals surface area contributed by atoms with Gasteiger partial charge in [-0.05, 0) is 44.0 Å². The van der Waals surface area contributed by atoms with E-state index in [-0.39, 0.29) is 12.3 Å². The van der Waals surface area contributed by atoms with Gasteiger partial charge in [0.1, 0.15) is 5.75 Å². The Morgan fingerprint density at radius 2 is 1.71 bits per heavy atom. The minimum absolute atomic E-state index is 0.0806. The van der Waals surface area contributed by atoms with Gasteiger partial charge in [0.25, 0.3) is 5.91 Å². The Bertz CT molecular complexity index is 478. The molecule has 116 valence electrons. The number of rotatable bonds is 8. The van der Waals surface area contributed by atoms with Crippen molar-refractivity contribution in [2.75, 3.05) is 6.61 Å². The van der Waals surface area contributed by atoms with Crippen LogP contribution in [0.5, 0.6) is 5.75 Å². The molecule has 0 radical (unpaired) electrons. The molecule has 0 bridgehead atoms. The molecule has 5 heteroatoms. The topological polar surface area (TPSA) is 75.6 Å². The van der Waals surface area contributed by atoms with Crippen LogP contribution in [0.15, 0.2) is 24.3 Å². The average molecular weight is 293 g/mol. The number of carbonyl (C=O) groups excluding carboxylic acids is 1. The lowest BCUT2D eigenvalue weighted by molar-refractivity contribution is -0.138. The molecule has 0 atom stereocenters. The molecule has 1 rings (SSSR count). The van der Waals surface area contributed by atoms with Crippen molar-refractivity contribution in [2.45, 2.75) is 45.6 Å². The first-order chi connectivity index (χ1) is 9.96. The first-order valence-electron chi connectivity index (χ1n) is 7.23. The third kappa shape index (κ3) is 4.77. The van der Waals surface area contributed by atoms with Gasteiger partial charge in [0.05, 0.1) is 18.6 Å². The Balaban J connectivity index is 2.83. The van der Waals surface area contributed by atoms with E-state index in [1.807, 2.05) is 20.8 Å². The summed E-state index contributed by atoms with van der Waals surface area (Å²) in [5.41, 5.74) is -0.211. The summed E-state index contributed by atoms with van der Waals surface area (Å²) in [7, 11) is 0. The summed E-state index contributed by atoms with van der Waals surface area (Å²) in [5, 5.41) is 11.9. The van der Waals surface area contributed by atoms with Crippen LogP contribution in [-0.2, 0) is 4.79 Å². The van der Waals surface area contributed by atoms with Crippen molar-refractivity contribution in [2.24, 2.45) is 0 Å². The maximum Gasteiger partial charge on any atom is 0.305 e. The van der Waals surface area contributed by atoms with Gasteiger partial charge in [-0.3, -0.25) is 9.59 Å². The second kappa shape index (κ2) is 7.67. The van der Waals surface area contributed by atoms with Crippen molar-refractivity contribution < 1.29 is 19.4 Å². The Labute approximate surface area is 125 Å². The van der Waals surface area contributed by atoms with E-state index in [2.05, 4.69) is 5.32 Å². The Hall–Kier alpha value is -2.04. The highest BCUT2D eigenvalue weighted by Crippen LogP contribution is 2.21. The van der Waals surface area contributed by atoms with Gasteiger partial charge in [0, 0.05) is 5.56 Å². The molecule has 0 fully saturated rings. The van der Waals surface area contributed by atoms with Crippen LogP contribution in [0.1, 0.15) is 50.4 Å². The van der Waals surface area contributed by atoms with Crippen molar-refractivity contribution in [1.82, 2.24) is 5.32 Å². The lowest BCUT2D eigenvalue weighted by Crippen LogP contribution is -2.49. The van der Waals surface area contributed by atoms with Crippen LogP contribution >= 0.6 is 0 Å². The Morgan fingerprint density at radius 1 is 1.14 bits per heavy atom. The van der Waals surface area contributed by atoms with Crippen LogP contribution in [0.3, 0.4) is 0 Å². The fourth-order valence-electron chi connectivity index (χ4n) is 2.19. The van der Waals surface area contributed by atoms with Crippen molar-refractivity contribution in [3.8, 4) is 5.75 Å². The molecule has 0 aliphatic carbocycles. The van der Waals surface area contributed by atoms with E-state index in [0.29, 0.717) is 30.8 Å². The number of carbonyl (C=O) groups is 2. The van der Waals surface area contributed by atoms with Crippen LogP contribution in [0.2, 0.25) is 0 Å². The number of ether oxygens (including phenoxy) is 1. The van der Waals surface area contributed by atoms with Gasteiger partial charge in [-0.25, -0.2) is 0 Å². The maximum atomic E-state index is 12.3. The largest absolute Gasteiger partial charge is 0.494 e. The highest BCUT2D eigenvalue weighted by Gasteiger charge is 2.31. The number of carboxylic acids is 1. The fourth-order valence-corrected chi connectivity index (χ4v) is 2.19. The standard InChI is InChI=1S/C16H23NO4/c1-4-16(5-2,11-14(18)19)17-15(20)12-7-9-13(10-8-12)21-6-3/h7-10H,4-6,11H2,1-3H3,(H,17,20)(H,18,19). The molecule has 0 saturated carbocycles. The summed E-state index contributed by atoms with van der Waals surface area (Å²) in [6.07, 6.45) is 1.06. The van der Waals surface area contributed by atoms with E-state index < -0.39 is 11.5 Å². The number of benzene rings is 1. The first-order valence-corrected chi connectivity index (χ1v) is 7.23. The molecule has 0 aliphatic rings. The zero-order valence-electron chi connectivity index (χ0n) is 12.8. The van der Waals surface area contributed by atoms with Crippen LogP contribution in [-0.4, -0.2) is 29.1 Å². The normalized spacial score (nSPS) is 11.0. The van der Waals surface area contributed by atoms with E-state index in [4.69, 9.17) is 9.84 Å². The maximum absolute atomic E-state index is 12.3. The van der Waals surface area contributed by atoms with Crippen LogP contribution < -0.4 is 10.1 Å². The molecule has 1 amide bonds. The quantitative estimate of drug-likeness (QED) is 0.772. The lowest BCUT2D eigenvalue weighted by Gasteiger charge is -2.31.